The molecular weight excluding hydrogens is 439 g/mol. The minimum absolute atomic E-state index is 0.110. The van der Waals surface area contributed by atoms with Gasteiger partial charge in [0.1, 0.15) is 0 Å². The fraction of sp³-hybridized carbons (Fsp3) is 0.600. The zero-order valence-electron chi connectivity index (χ0n) is 24.1. The van der Waals surface area contributed by atoms with Gasteiger partial charge in [-0.25, -0.2) is 0 Å². The molecule has 0 spiro atoms. The van der Waals surface area contributed by atoms with Crippen molar-refractivity contribution >= 4 is 17.9 Å². The second-order valence-electron chi connectivity index (χ2n) is 14.3. The molecule has 2 aromatic carbocycles. The van der Waals surface area contributed by atoms with E-state index in [9.17, 15) is 14.7 Å². The quantitative estimate of drug-likeness (QED) is 0.411. The van der Waals surface area contributed by atoms with Crippen LogP contribution in [-0.4, -0.2) is 14.7 Å². The Hall–Kier alpha value is -1.25. The van der Waals surface area contributed by atoms with Crippen LogP contribution in [0, 0.1) is 13.8 Å². The predicted molar refractivity (Wildman–Crippen MR) is 150 cm³/mol. The average molecular weight is 489 g/mol. The molecule has 0 unspecified atom stereocenters. The molecule has 4 heteroatoms. The van der Waals surface area contributed by atoms with Gasteiger partial charge in [0.2, 0.25) is 0 Å². The fourth-order valence-corrected chi connectivity index (χ4v) is 7.82. The molecule has 0 heterocycles. The second-order valence-corrected chi connectivity index (χ2v) is 17.3. The molecule has 34 heavy (non-hydrogen) atoms. The molecule has 0 fully saturated rings. The van der Waals surface area contributed by atoms with Gasteiger partial charge in [0.15, 0.2) is 0 Å². The van der Waals surface area contributed by atoms with Crippen molar-refractivity contribution in [1.29, 1.82) is 0 Å². The van der Waals surface area contributed by atoms with Crippen molar-refractivity contribution < 1.29 is 14.7 Å². The van der Waals surface area contributed by atoms with E-state index < -0.39 is 18.1 Å². The van der Waals surface area contributed by atoms with Crippen LogP contribution in [0.3, 0.4) is 0 Å². The van der Waals surface area contributed by atoms with E-state index >= 15 is 0 Å². The first-order valence-corrected chi connectivity index (χ1v) is 14.5. The Bertz CT molecular complexity index is 1000. The van der Waals surface area contributed by atoms with Crippen molar-refractivity contribution in [1.82, 2.24) is 0 Å². The molecule has 3 N–H and O–H groups in total. The summed E-state index contributed by atoms with van der Waals surface area (Å²) >= 11 is 0. The zero-order chi connectivity index (χ0) is 26.9. The summed E-state index contributed by atoms with van der Waals surface area (Å²) in [4.78, 5) is 36.3. The topological polar surface area (TPSA) is 60.7 Å². The Morgan fingerprint density at radius 1 is 0.441 bits per heavy atom. The van der Waals surface area contributed by atoms with Gasteiger partial charge in [0, 0.05) is 0 Å². The van der Waals surface area contributed by atoms with E-state index in [4.69, 9.17) is 0 Å². The van der Waals surface area contributed by atoms with E-state index in [0.717, 1.165) is 33.4 Å². The van der Waals surface area contributed by atoms with E-state index in [1.807, 2.05) is 26.0 Å². The summed E-state index contributed by atoms with van der Waals surface area (Å²) in [7, 11) is -5.50. The number of hydrogen-bond acceptors (Lipinski definition) is 3. The van der Waals surface area contributed by atoms with Gasteiger partial charge in [-0.3, -0.25) is 0 Å². The monoisotopic (exact) mass is 488 g/mol. The molecule has 0 bridgehead atoms. The van der Waals surface area contributed by atoms with E-state index in [1.54, 1.807) is 0 Å². The van der Waals surface area contributed by atoms with Gasteiger partial charge < -0.3 is 0 Å². The van der Waals surface area contributed by atoms with Gasteiger partial charge in [-0.05, 0) is 0 Å². The van der Waals surface area contributed by atoms with Gasteiger partial charge in [-0.1, -0.05) is 0 Å². The summed E-state index contributed by atoms with van der Waals surface area (Å²) < 4.78 is 0. The normalized spacial score (nSPS) is 15.3. The van der Waals surface area contributed by atoms with Crippen LogP contribution >= 0.6 is 7.28 Å². The Morgan fingerprint density at radius 3 is 0.882 bits per heavy atom. The molecule has 0 aromatic heterocycles. The summed E-state index contributed by atoms with van der Waals surface area (Å²) in [5.74, 6) is 0. The molecule has 0 saturated heterocycles. The third-order valence-corrected chi connectivity index (χ3v) is 9.32. The maximum atomic E-state index is 12.1. The first kappa shape index (κ1) is 29.0. The maximum absolute atomic E-state index is 12.1. The van der Waals surface area contributed by atoms with E-state index in [-0.39, 0.29) is 21.4 Å². The molecule has 0 aliphatic carbocycles. The van der Waals surface area contributed by atoms with Crippen LogP contribution in [0.25, 0.3) is 0 Å². The van der Waals surface area contributed by atoms with Gasteiger partial charge in [-0.2, -0.15) is 0 Å². The summed E-state index contributed by atoms with van der Waals surface area (Å²) in [5, 5.41) is 0.495. The SMILES string of the molecule is Cc1cc(P(O)(O)(O)c2cc(C)c(C(C)(C)C)cc2C(C)(C)C)c(C(C)(C)C)cc1C(C)(C)C. The molecular formula is C30H49O3P. The third-order valence-electron chi connectivity index (χ3n) is 6.80. The van der Waals surface area contributed by atoms with Gasteiger partial charge in [0.05, 0.1) is 0 Å². The molecule has 2 aromatic rings. The Labute approximate surface area is 208 Å². The number of benzene rings is 2. The van der Waals surface area contributed by atoms with Crippen molar-refractivity contribution in [3.05, 3.63) is 57.6 Å². The Morgan fingerprint density at radius 2 is 0.676 bits per heavy atom. The predicted octanol–water partition coefficient (Wildman–Crippen LogP) is 6.72. The number of rotatable bonds is 2. The van der Waals surface area contributed by atoms with Crippen molar-refractivity contribution in [2.75, 3.05) is 0 Å². The first-order valence-electron chi connectivity index (χ1n) is 12.4. The molecule has 0 radical (unpaired) electrons. The van der Waals surface area contributed by atoms with E-state index in [1.165, 1.54) is 0 Å². The molecule has 0 aliphatic heterocycles. The zero-order valence-corrected chi connectivity index (χ0v) is 25.0. The summed E-state index contributed by atoms with van der Waals surface area (Å²) in [5.41, 5.74) is 4.69. The Balaban J connectivity index is 3.09. The van der Waals surface area contributed by atoms with Crippen molar-refractivity contribution in [2.45, 2.75) is 119 Å². The first-order chi connectivity index (χ1) is 14.8. The second kappa shape index (κ2) is 8.13. The molecule has 0 saturated carbocycles. The summed E-state index contributed by atoms with van der Waals surface area (Å²) in [6, 6.07) is 7.78. The average Bonchev–Trinajstić information content (AvgIpc) is 2.56. The minimum atomic E-state index is -5.50. The van der Waals surface area contributed by atoms with Crippen molar-refractivity contribution in [3.63, 3.8) is 0 Å². The van der Waals surface area contributed by atoms with Crippen LogP contribution in [0.1, 0.15) is 116 Å². The molecule has 0 atom stereocenters. The number of aryl methyl sites for hydroxylation is 2. The van der Waals surface area contributed by atoms with Crippen LogP contribution in [-0.2, 0) is 21.7 Å². The molecule has 2 rings (SSSR count). The molecule has 0 aliphatic rings. The molecule has 0 amide bonds. The van der Waals surface area contributed by atoms with Gasteiger partial charge in [0.25, 0.3) is 0 Å². The van der Waals surface area contributed by atoms with Crippen LogP contribution in [0.4, 0.5) is 0 Å². The van der Waals surface area contributed by atoms with Gasteiger partial charge >= 0.3 is 209 Å². The van der Waals surface area contributed by atoms with Crippen LogP contribution in [0.2, 0.25) is 0 Å². The van der Waals surface area contributed by atoms with Crippen molar-refractivity contribution in [3.8, 4) is 0 Å². The van der Waals surface area contributed by atoms with E-state index in [0.29, 0.717) is 0 Å². The van der Waals surface area contributed by atoms with E-state index in [2.05, 4.69) is 95.2 Å². The molecule has 192 valence electrons. The van der Waals surface area contributed by atoms with Gasteiger partial charge in [-0.15, -0.1) is 0 Å². The van der Waals surface area contributed by atoms with Crippen LogP contribution < -0.4 is 10.6 Å². The van der Waals surface area contributed by atoms with Crippen molar-refractivity contribution in [2.24, 2.45) is 0 Å². The summed E-state index contributed by atoms with van der Waals surface area (Å²) in [6.07, 6.45) is 0. The number of hydrogen-bond donors (Lipinski definition) is 3. The fourth-order valence-electron chi connectivity index (χ4n) is 5.01. The Kier molecular flexibility index (Phi) is 6.93. The van der Waals surface area contributed by atoms with Crippen LogP contribution in [0.15, 0.2) is 24.3 Å². The van der Waals surface area contributed by atoms with Crippen LogP contribution in [0.5, 0.6) is 0 Å². The standard InChI is InChI=1S/C30H49O3P/c1-19-15-25(23(29(9,10)11)17-21(19)27(3,4)5)34(31,32,33)26-16-20(2)22(28(6,7)8)18-24(26)30(12,13)14/h15-18,31-33H,1-14H3. The third kappa shape index (κ3) is 5.44. The summed E-state index contributed by atoms with van der Waals surface area (Å²) in [6.45, 7) is 29.2. The molecule has 3 nitrogen and oxygen atoms in total.